The Morgan fingerprint density at radius 2 is 1.76 bits per heavy atom. The molecule has 2 saturated carbocycles. The van der Waals surface area contributed by atoms with Crippen LogP contribution in [0, 0.1) is 33.5 Å². The average Bonchev–Trinajstić information content (AvgIpc) is 3.49. The van der Waals surface area contributed by atoms with Gasteiger partial charge in [-0.1, -0.05) is 40.7 Å². The molecule has 0 aromatic rings. The van der Waals surface area contributed by atoms with Gasteiger partial charge in [-0.3, -0.25) is 9.59 Å². The van der Waals surface area contributed by atoms with Gasteiger partial charge in [-0.25, -0.2) is 9.59 Å². The van der Waals surface area contributed by atoms with E-state index in [2.05, 4.69) is 6.92 Å². The normalized spacial score (nSPS) is 51.0. The molecule has 10 atom stereocenters. The van der Waals surface area contributed by atoms with Gasteiger partial charge in [-0.2, -0.15) is 0 Å². The van der Waals surface area contributed by atoms with Gasteiger partial charge in [0.15, 0.2) is 11.9 Å². The van der Waals surface area contributed by atoms with Crippen LogP contribution < -0.4 is 0 Å². The Morgan fingerprint density at radius 1 is 1.05 bits per heavy atom. The monoisotopic (exact) mass is 514 g/mol. The van der Waals surface area contributed by atoms with Crippen molar-refractivity contribution in [2.45, 2.75) is 91.0 Å². The highest BCUT2D eigenvalue weighted by Gasteiger charge is 2.88. The first-order chi connectivity index (χ1) is 17.1. The number of carbonyl (C=O) groups is 4. The average molecular weight is 515 g/mol. The number of ether oxygens (including phenoxy) is 4. The van der Waals surface area contributed by atoms with Gasteiger partial charge >= 0.3 is 17.9 Å². The van der Waals surface area contributed by atoms with E-state index in [0.717, 1.165) is 0 Å². The number of hydrogen-bond donors (Lipinski definition) is 1. The minimum atomic E-state index is -1.40. The van der Waals surface area contributed by atoms with Crippen LogP contribution in [-0.2, 0) is 38.1 Å². The van der Waals surface area contributed by atoms with Crippen LogP contribution in [0.4, 0.5) is 0 Å². The van der Waals surface area contributed by atoms with E-state index in [0.29, 0.717) is 19.3 Å². The second-order valence-electron chi connectivity index (χ2n) is 12.9. The standard InChI is InChI=1S/C28H34O9/c1-13(29)34-18-12-16-24(2,3)17(30)8-9-25(16,4)15-7-10-26(5)20(14-11-19(31)35-22(14)32)36-23(33)21-28(26,37-21)27(15,18)6/h8-9,11,15-16,18-21,31H,7,10,12H2,1-6H3. The highest BCUT2D eigenvalue weighted by Crippen LogP contribution is 2.78. The van der Waals surface area contributed by atoms with Crippen molar-refractivity contribution in [2.75, 3.05) is 0 Å². The number of hydrogen-bond acceptors (Lipinski definition) is 9. The number of epoxide rings is 1. The van der Waals surface area contributed by atoms with E-state index in [1.54, 1.807) is 6.08 Å². The maximum absolute atomic E-state index is 13.3. The molecular formula is C28H34O9. The third-order valence-corrected chi connectivity index (χ3v) is 11.1. The Labute approximate surface area is 215 Å². The maximum atomic E-state index is 13.3. The van der Waals surface area contributed by atoms with Crippen LogP contribution in [0.25, 0.3) is 0 Å². The fraction of sp³-hybridized carbons (Fsp3) is 0.714. The number of fused-ring (bicyclic) bond motifs is 3. The molecule has 3 heterocycles. The van der Waals surface area contributed by atoms with E-state index < -0.39 is 69.8 Å². The Hall–Kier alpha value is -2.52. The van der Waals surface area contributed by atoms with E-state index in [-0.39, 0.29) is 23.2 Å². The molecule has 3 aliphatic heterocycles. The third-order valence-electron chi connectivity index (χ3n) is 11.1. The molecule has 3 aliphatic carbocycles. The van der Waals surface area contributed by atoms with Gasteiger partial charge in [0.25, 0.3) is 0 Å². The number of allylic oxidation sites excluding steroid dienone is 2. The lowest BCUT2D eigenvalue weighted by molar-refractivity contribution is -0.247. The molecule has 6 aliphatic rings. The Morgan fingerprint density at radius 3 is 2.38 bits per heavy atom. The zero-order valence-electron chi connectivity index (χ0n) is 22.0. The highest BCUT2D eigenvalue weighted by molar-refractivity contribution is 5.96. The molecule has 1 spiro atoms. The first-order valence-electron chi connectivity index (χ1n) is 13.0. The van der Waals surface area contributed by atoms with Crippen LogP contribution >= 0.6 is 0 Å². The van der Waals surface area contributed by atoms with Gasteiger partial charge < -0.3 is 24.1 Å². The Kier molecular flexibility index (Phi) is 4.77. The zero-order valence-corrected chi connectivity index (χ0v) is 22.0. The summed E-state index contributed by atoms with van der Waals surface area (Å²) in [6.07, 6.45) is 2.76. The Bertz CT molecular complexity index is 1200. The van der Waals surface area contributed by atoms with Crippen molar-refractivity contribution >= 4 is 23.7 Å². The van der Waals surface area contributed by atoms with Crippen molar-refractivity contribution in [3.63, 3.8) is 0 Å². The van der Waals surface area contributed by atoms with Gasteiger partial charge in [-0.05, 0) is 48.7 Å². The number of carbonyl (C=O) groups excluding carboxylic acids is 4. The van der Waals surface area contributed by atoms with Crippen molar-refractivity contribution in [2.24, 2.45) is 33.5 Å². The van der Waals surface area contributed by atoms with Crippen molar-refractivity contribution in [1.82, 2.24) is 0 Å². The molecule has 0 radical (unpaired) electrons. The van der Waals surface area contributed by atoms with Crippen LogP contribution in [0.1, 0.15) is 60.8 Å². The van der Waals surface area contributed by atoms with Crippen LogP contribution in [0.3, 0.4) is 0 Å². The van der Waals surface area contributed by atoms with Crippen LogP contribution in [-0.4, -0.2) is 59.0 Å². The van der Waals surface area contributed by atoms with E-state index in [1.165, 1.54) is 13.0 Å². The summed E-state index contributed by atoms with van der Waals surface area (Å²) in [6.45, 7) is 11.4. The van der Waals surface area contributed by atoms with Crippen molar-refractivity contribution in [3.8, 4) is 0 Å². The summed E-state index contributed by atoms with van der Waals surface area (Å²) in [5.41, 5.74) is -3.74. The summed E-state index contributed by atoms with van der Waals surface area (Å²) >= 11 is 0. The number of esters is 3. The third kappa shape index (κ3) is 2.72. The second-order valence-corrected chi connectivity index (χ2v) is 12.9. The Balaban J connectivity index is 1.54. The predicted octanol–water partition coefficient (Wildman–Crippen LogP) is 2.40. The molecule has 0 aromatic heterocycles. The van der Waals surface area contributed by atoms with Gasteiger partial charge in [0.05, 0.1) is 5.57 Å². The van der Waals surface area contributed by atoms with Gasteiger partial charge in [0.2, 0.25) is 6.29 Å². The molecule has 0 aromatic carbocycles. The quantitative estimate of drug-likeness (QED) is 0.335. The molecule has 9 heteroatoms. The zero-order chi connectivity index (χ0) is 26.9. The molecule has 9 nitrogen and oxygen atoms in total. The highest BCUT2D eigenvalue weighted by atomic mass is 16.7. The molecule has 4 fully saturated rings. The van der Waals surface area contributed by atoms with Crippen molar-refractivity contribution < 1.29 is 43.2 Å². The molecule has 6 rings (SSSR count). The molecule has 37 heavy (non-hydrogen) atoms. The lowest BCUT2D eigenvalue weighted by Gasteiger charge is -2.68. The van der Waals surface area contributed by atoms with E-state index in [4.69, 9.17) is 18.9 Å². The number of aliphatic hydroxyl groups is 1. The SMILES string of the molecule is CC(=O)OC1CC2C(C)(C)C(=O)C=CC2(C)C2CCC3(C)C(C4=CC(O)OC4=O)OC(=O)C4OC43C12C. The summed E-state index contributed by atoms with van der Waals surface area (Å²) in [7, 11) is 0. The lowest BCUT2D eigenvalue weighted by Crippen LogP contribution is -2.74. The van der Waals surface area contributed by atoms with Gasteiger partial charge in [0, 0.05) is 23.2 Å². The number of ketones is 1. The summed E-state index contributed by atoms with van der Waals surface area (Å²) in [5, 5.41) is 9.95. The summed E-state index contributed by atoms with van der Waals surface area (Å²) in [5.74, 6) is -1.88. The van der Waals surface area contributed by atoms with E-state index >= 15 is 0 Å². The second kappa shape index (κ2) is 7.11. The topological polar surface area (TPSA) is 129 Å². The van der Waals surface area contributed by atoms with Crippen molar-refractivity contribution in [1.29, 1.82) is 0 Å². The predicted molar refractivity (Wildman–Crippen MR) is 126 cm³/mol. The van der Waals surface area contributed by atoms with E-state index in [1.807, 2.05) is 33.8 Å². The minimum absolute atomic E-state index is 0.0473. The summed E-state index contributed by atoms with van der Waals surface area (Å²) in [6, 6.07) is 0. The largest absolute Gasteiger partial charge is 0.462 e. The number of cyclic esters (lactones) is 2. The molecule has 1 N–H and O–H groups in total. The number of rotatable bonds is 2. The molecule has 2 saturated heterocycles. The summed E-state index contributed by atoms with van der Waals surface area (Å²) < 4.78 is 23.2. The molecular weight excluding hydrogens is 480 g/mol. The van der Waals surface area contributed by atoms with Gasteiger partial charge in [-0.15, -0.1) is 0 Å². The van der Waals surface area contributed by atoms with E-state index in [9.17, 15) is 24.3 Å². The van der Waals surface area contributed by atoms with Crippen LogP contribution in [0.2, 0.25) is 0 Å². The maximum Gasteiger partial charge on any atom is 0.340 e. The van der Waals surface area contributed by atoms with Crippen molar-refractivity contribution in [3.05, 3.63) is 23.8 Å². The molecule has 10 unspecified atom stereocenters. The smallest absolute Gasteiger partial charge is 0.340 e. The molecule has 200 valence electrons. The molecule has 0 amide bonds. The first kappa shape index (κ1) is 24.8. The van der Waals surface area contributed by atoms with Gasteiger partial charge in [0.1, 0.15) is 17.8 Å². The first-order valence-corrected chi connectivity index (χ1v) is 13.0. The lowest BCUT2D eigenvalue weighted by atomic mass is 9.35. The minimum Gasteiger partial charge on any atom is -0.462 e. The fourth-order valence-corrected chi connectivity index (χ4v) is 9.38. The van der Waals surface area contributed by atoms with Crippen LogP contribution in [0.15, 0.2) is 23.8 Å². The fourth-order valence-electron chi connectivity index (χ4n) is 9.38. The molecule has 0 bridgehead atoms. The number of aliphatic hydroxyl groups excluding tert-OH is 1. The summed E-state index contributed by atoms with van der Waals surface area (Å²) in [4.78, 5) is 51.3. The van der Waals surface area contributed by atoms with Crippen LogP contribution in [0.5, 0.6) is 0 Å².